The molecule has 1 aromatic rings. The van der Waals surface area contributed by atoms with Crippen LogP contribution in [-0.2, 0) is 16.0 Å². The molecular weight excluding hydrogens is 290 g/mol. The number of hydrogen-bond donors (Lipinski definition) is 3. The van der Waals surface area contributed by atoms with Crippen LogP contribution in [0.4, 0.5) is 0 Å². The Labute approximate surface area is 128 Å². The average molecular weight is 313 g/mol. The first-order chi connectivity index (χ1) is 10.1. The predicted molar refractivity (Wildman–Crippen MR) is 81.4 cm³/mol. The van der Waals surface area contributed by atoms with E-state index in [2.05, 4.69) is 15.6 Å². The van der Waals surface area contributed by atoms with E-state index >= 15 is 0 Å². The van der Waals surface area contributed by atoms with Crippen LogP contribution in [0.2, 0.25) is 0 Å². The second-order valence-electron chi connectivity index (χ2n) is 5.30. The van der Waals surface area contributed by atoms with Gasteiger partial charge in [-0.05, 0) is 13.3 Å². The highest BCUT2D eigenvalue weighted by Gasteiger charge is 2.20. The molecule has 1 fully saturated rings. The number of nitrogens with zero attached hydrogens (tertiary/aromatic N) is 1. The Hall–Kier alpha value is -1.02. The molecule has 118 valence electrons. The molecule has 1 saturated heterocycles. The molecule has 2 atom stereocenters. The van der Waals surface area contributed by atoms with Gasteiger partial charge in [-0.2, -0.15) is 0 Å². The smallest absolute Gasteiger partial charge is 0.220 e. The quantitative estimate of drug-likeness (QED) is 0.569. The molecule has 6 nitrogen and oxygen atoms in total. The third kappa shape index (κ3) is 5.70. The highest BCUT2D eigenvalue weighted by Crippen LogP contribution is 2.12. The number of thiazole rings is 1. The molecule has 2 rings (SSSR count). The van der Waals surface area contributed by atoms with Gasteiger partial charge in [0.15, 0.2) is 0 Å². The average Bonchev–Trinajstić information content (AvgIpc) is 3.04. The number of amides is 1. The van der Waals surface area contributed by atoms with Crippen molar-refractivity contribution in [2.24, 2.45) is 0 Å². The van der Waals surface area contributed by atoms with Gasteiger partial charge in [-0.15, -0.1) is 11.3 Å². The minimum absolute atomic E-state index is 0.115. The van der Waals surface area contributed by atoms with Gasteiger partial charge in [0, 0.05) is 36.9 Å². The molecule has 2 unspecified atom stereocenters. The third-order valence-corrected chi connectivity index (χ3v) is 4.48. The fourth-order valence-electron chi connectivity index (χ4n) is 2.26. The number of ether oxygens (including phenoxy) is 1. The second-order valence-corrected chi connectivity index (χ2v) is 6.24. The lowest BCUT2D eigenvalue weighted by atomic mass is 10.2. The normalized spacial score (nSPS) is 19.7. The number of hydrogen-bond acceptors (Lipinski definition) is 6. The number of aromatic nitrogens is 1. The molecule has 0 radical (unpaired) electrons. The van der Waals surface area contributed by atoms with E-state index in [4.69, 9.17) is 4.74 Å². The molecule has 1 aliphatic heterocycles. The highest BCUT2D eigenvalue weighted by atomic mass is 32.1. The first-order valence-corrected chi connectivity index (χ1v) is 8.18. The van der Waals surface area contributed by atoms with Crippen molar-refractivity contribution in [3.8, 4) is 0 Å². The zero-order valence-corrected chi connectivity index (χ0v) is 13.1. The summed E-state index contributed by atoms with van der Waals surface area (Å²) in [6.45, 7) is 4.09. The van der Waals surface area contributed by atoms with Crippen molar-refractivity contribution in [3.63, 3.8) is 0 Å². The maximum atomic E-state index is 11.0. The minimum Gasteiger partial charge on any atom is -0.389 e. The fourth-order valence-corrected chi connectivity index (χ4v) is 3.03. The van der Waals surface area contributed by atoms with E-state index < -0.39 is 6.10 Å². The summed E-state index contributed by atoms with van der Waals surface area (Å²) in [5.41, 5.74) is 2.90. The predicted octanol–water partition coefficient (Wildman–Crippen LogP) is 0.240. The Morgan fingerprint density at radius 2 is 2.52 bits per heavy atom. The molecule has 21 heavy (non-hydrogen) atoms. The van der Waals surface area contributed by atoms with Gasteiger partial charge in [0.2, 0.25) is 5.91 Å². The fraction of sp³-hybridized carbons (Fsp3) is 0.714. The van der Waals surface area contributed by atoms with Crippen molar-refractivity contribution in [1.82, 2.24) is 15.6 Å². The van der Waals surface area contributed by atoms with E-state index in [1.165, 1.54) is 4.88 Å². The molecule has 0 aromatic carbocycles. The van der Waals surface area contributed by atoms with E-state index in [1.807, 2.05) is 12.4 Å². The molecule has 0 spiro atoms. The lowest BCUT2D eigenvalue weighted by molar-refractivity contribution is -0.119. The summed E-state index contributed by atoms with van der Waals surface area (Å²) in [7, 11) is 0. The van der Waals surface area contributed by atoms with Gasteiger partial charge in [-0.25, -0.2) is 4.98 Å². The summed E-state index contributed by atoms with van der Waals surface area (Å²) in [5.74, 6) is 0.115. The number of rotatable bonds is 9. The number of aryl methyl sites for hydroxylation is 1. The molecule has 1 aromatic heterocycles. The number of aliphatic hydroxyl groups is 1. The van der Waals surface area contributed by atoms with Gasteiger partial charge < -0.3 is 20.5 Å². The van der Waals surface area contributed by atoms with Gasteiger partial charge >= 0.3 is 0 Å². The van der Waals surface area contributed by atoms with Crippen LogP contribution < -0.4 is 10.6 Å². The van der Waals surface area contributed by atoms with Crippen LogP contribution in [0.3, 0.4) is 0 Å². The van der Waals surface area contributed by atoms with Crippen molar-refractivity contribution in [3.05, 3.63) is 16.1 Å². The lowest BCUT2D eigenvalue weighted by Gasteiger charge is -2.15. The summed E-state index contributed by atoms with van der Waals surface area (Å²) < 4.78 is 5.48. The third-order valence-electron chi connectivity index (χ3n) is 3.48. The molecule has 1 aliphatic rings. The van der Waals surface area contributed by atoms with Crippen LogP contribution in [-0.4, -0.2) is 54.4 Å². The van der Waals surface area contributed by atoms with Gasteiger partial charge in [0.25, 0.3) is 0 Å². The van der Waals surface area contributed by atoms with Gasteiger partial charge in [-0.3, -0.25) is 4.79 Å². The number of carbonyl (C=O) groups is 1. The van der Waals surface area contributed by atoms with E-state index in [0.29, 0.717) is 32.7 Å². The topological polar surface area (TPSA) is 83.5 Å². The Morgan fingerprint density at radius 1 is 1.67 bits per heavy atom. The van der Waals surface area contributed by atoms with Gasteiger partial charge in [0.05, 0.1) is 30.5 Å². The molecule has 0 saturated carbocycles. The first-order valence-electron chi connectivity index (χ1n) is 7.30. The minimum atomic E-state index is -0.523. The standard InChI is InChI=1S/C14H23N3O3S/c1-10-13(21-9-16-10)4-5-20-8-12(18)7-15-6-11-2-3-14(19)17-11/h9,11-12,15,18H,2-8H2,1H3,(H,17,19). The number of carbonyl (C=O) groups excluding carboxylic acids is 1. The maximum absolute atomic E-state index is 11.0. The first kappa shape index (κ1) is 16.4. The molecule has 0 bridgehead atoms. The number of nitrogens with one attached hydrogen (secondary N) is 2. The Kier molecular flexibility index (Phi) is 6.56. The molecule has 7 heteroatoms. The van der Waals surface area contributed by atoms with E-state index in [-0.39, 0.29) is 11.9 Å². The van der Waals surface area contributed by atoms with Crippen LogP contribution in [0.25, 0.3) is 0 Å². The summed E-state index contributed by atoms with van der Waals surface area (Å²) in [4.78, 5) is 16.5. The molecule has 0 aliphatic carbocycles. The summed E-state index contributed by atoms with van der Waals surface area (Å²) in [6, 6.07) is 0.194. The van der Waals surface area contributed by atoms with Gasteiger partial charge in [0.1, 0.15) is 0 Å². The SMILES string of the molecule is Cc1ncsc1CCOCC(O)CNCC1CCC(=O)N1. The lowest BCUT2D eigenvalue weighted by Crippen LogP contribution is -2.39. The monoisotopic (exact) mass is 313 g/mol. The van der Waals surface area contributed by atoms with Crippen LogP contribution in [0, 0.1) is 6.92 Å². The summed E-state index contributed by atoms with van der Waals surface area (Å²) in [6.07, 6.45) is 1.79. The van der Waals surface area contributed by atoms with E-state index in [9.17, 15) is 9.90 Å². The van der Waals surface area contributed by atoms with E-state index in [0.717, 1.165) is 18.5 Å². The largest absolute Gasteiger partial charge is 0.389 e. The summed E-state index contributed by atoms with van der Waals surface area (Å²) in [5, 5.41) is 15.8. The Balaban J connectivity index is 1.48. The number of aliphatic hydroxyl groups excluding tert-OH is 1. The molecule has 2 heterocycles. The summed E-state index contributed by atoms with van der Waals surface area (Å²) >= 11 is 1.64. The van der Waals surface area contributed by atoms with Crippen LogP contribution >= 0.6 is 11.3 Å². The molecular formula is C14H23N3O3S. The van der Waals surface area contributed by atoms with Crippen molar-refractivity contribution < 1.29 is 14.6 Å². The molecule has 1 amide bonds. The zero-order chi connectivity index (χ0) is 15.1. The Bertz CT molecular complexity index is 452. The van der Waals surface area contributed by atoms with Crippen LogP contribution in [0.15, 0.2) is 5.51 Å². The highest BCUT2D eigenvalue weighted by molar-refractivity contribution is 7.09. The van der Waals surface area contributed by atoms with Crippen LogP contribution in [0.5, 0.6) is 0 Å². The van der Waals surface area contributed by atoms with Crippen LogP contribution in [0.1, 0.15) is 23.4 Å². The Morgan fingerprint density at radius 3 is 3.19 bits per heavy atom. The maximum Gasteiger partial charge on any atom is 0.220 e. The molecule has 3 N–H and O–H groups in total. The van der Waals surface area contributed by atoms with Gasteiger partial charge in [-0.1, -0.05) is 0 Å². The van der Waals surface area contributed by atoms with Crippen molar-refractivity contribution in [2.75, 3.05) is 26.3 Å². The van der Waals surface area contributed by atoms with Crippen molar-refractivity contribution in [1.29, 1.82) is 0 Å². The zero-order valence-electron chi connectivity index (χ0n) is 12.3. The second kappa shape index (κ2) is 8.43. The van der Waals surface area contributed by atoms with E-state index in [1.54, 1.807) is 11.3 Å². The van der Waals surface area contributed by atoms with Crippen molar-refractivity contribution >= 4 is 17.2 Å². The van der Waals surface area contributed by atoms with Crippen molar-refractivity contribution in [2.45, 2.75) is 38.3 Å².